The van der Waals surface area contributed by atoms with Gasteiger partial charge in [0.1, 0.15) is 18.1 Å². The van der Waals surface area contributed by atoms with Crippen molar-refractivity contribution in [1.82, 2.24) is 14.8 Å². The number of carbonyl (C=O) groups excluding carboxylic acids is 1. The van der Waals surface area contributed by atoms with Crippen LogP contribution >= 0.6 is 0 Å². The summed E-state index contributed by atoms with van der Waals surface area (Å²) in [6.45, 7) is 1.98. The average Bonchev–Trinajstić information content (AvgIpc) is 2.76. The third-order valence-electron chi connectivity index (χ3n) is 3.94. The fraction of sp³-hybridized carbons (Fsp3) is 0.438. The summed E-state index contributed by atoms with van der Waals surface area (Å²) < 4.78 is 27.2. The molecule has 7 heteroatoms. The van der Waals surface area contributed by atoms with Crippen LogP contribution in [0.1, 0.15) is 36.2 Å². The van der Waals surface area contributed by atoms with Gasteiger partial charge in [0.2, 0.25) is 5.91 Å². The Balaban J connectivity index is 1.86. The Morgan fingerprint density at radius 1 is 1.39 bits per heavy atom. The molecule has 0 N–H and O–H groups in total. The Morgan fingerprint density at radius 3 is 3.00 bits per heavy atom. The first-order valence-electron chi connectivity index (χ1n) is 7.63. The summed E-state index contributed by atoms with van der Waals surface area (Å²) in [5.74, 6) is 0.370. The molecule has 3 heterocycles. The van der Waals surface area contributed by atoms with E-state index in [1.54, 1.807) is 18.0 Å². The fourth-order valence-electron chi connectivity index (χ4n) is 2.88. The summed E-state index contributed by atoms with van der Waals surface area (Å²) in [6.07, 6.45) is 1.70. The molecule has 1 aliphatic heterocycles. The molecule has 23 heavy (non-hydrogen) atoms. The summed E-state index contributed by atoms with van der Waals surface area (Å²) in [5.41, 5.74) is 1.26. The van der Waals surface area contributed by atoms with E-state index in [2.05, 4.69) is 10.1 Å². The van der Waals surface area contributed by atoms with E-state index < -0.39 is 6.43 Å². The quantitative estimate of drug-likeness (QED) is 0.874. The summed E-state index contributed by atoms with van der Waals surface area (Å²) in [7, 11) is 0. The Hall–Kier alpha value is -2.31. The smallest absolute Gasteiger partial charge is 0.280 e. The van der Waals surface area contributed by atoms with E-state index in [1.807, 2.05) is 12.1 Å². The number of fused-ring (bicyclic) bond motifs is 1. The van der Waals surface area contributed by atoms with Gasteiger partial charge in [-0.05, 0) is 43.9 Å². The highest BCUT2D eigenvalue weighted by molar-refractivity contribution is 5.93. The van der Waals surface area contributed by atoms with Crippen LogP contribution in [0.25, 0.3) is 0 Å². The summed E-state index contributed by atoms with van der Waals surface area (Å²) in [5, 5.41) is 4.01. The second-order valence-electron chi connectivity index (χ2n) is 5.66. The van der Waals surface area contributed by atoms with E-state index >= 15 is 0 Å². The summed E-state index contributed by atoms with van der Waals surface area (Å²) in [6, 6.07) is 5.11. The number of hydrogen-bond acceptors (Lipinski definition) is 3. The van der Waals surface area contributed by atoms with Crippen molar-refractivity contribution in [3.63, 3.8) is 0 Å². The predicted octanol–water partition coefficient (Wildman–Crippen LogP) is 2.89. The van der Waals surface area contributed by atoms with Crippen molar-refractivity contribution >= 4 is 11.7 Å². The lowest BCUT2D eigenvalue weighted by atomic mass is 10.1. The molecule has 0 radical (unpaired) electrons. The molecule has 3 rings (SSSR count). The third kappa shape index (κ3) is 3.23. The largest absolute Gasteiger partial charge is 0.295 e. The number of anilines is 1. The maximum Gasteiger partial charge on any atom is 0.280 e. The molecule has 2 aromatic heterocycles. The van der Waals surface area contributed by atoms with Gasteiger partial charge in [0.25, 0.3) is 6.43 Å². The lowest BCUT2D eigenvalue weighted by molar-refractivity contribution is -0.119. The van der Waals surface area contributed by atoms with Gasteiger partial charge in [-0.25, -0.2) is 13.8 Å². The van der Waals surface area contributed by atoms with E-state index in [-0.39, 0.29) is 18.1 Å². The van der Waals surface area contributed by atoms with Gasteiger partial charge in [-0.15, -0.1) is 0 Å². The number of amides is 1. The van der Waals surface area contributed by atoms with Crippen molar-refractivity contribution in [3.05, 3.63) is 41.3 Å². The molecule has 0 saturated carbocycles. The van der Waals surface area contributed by atoms with Gasteiger partial charge in [0.15, 0.2) is 0 Å². The van der Waals surface area contributed by atoms with Crippen molar-refractivity contribution in [2.24, 2.45) is 0 Å². The Labute approximate surface area is 132 Å². The van der Waals surface area contributed by atoms with Crippen LogP contribution in [0.5, 0.6) is 0 Å². The third-order valence-corrected chi connectivity index (χ3v) is 3.94. The number of hydrogen-bond donors (Lipinski definition) is 0. The van der Waals surface area contributed by atoms with Crippen LogP contribution in [-0.2, 0) is 17.8 Å². The van der Waals surface area contributed by atoms with E-state index in [1.165, 1.54) is 6.07 Å². The van der Waals surface area contributed by atoms with Crippen molar-refractivity contribution < 1.29 is 13.6 Å². The summed E-state index contributed by atoms with van der Waals surface area (Å²) in [4.78, 5) is 18.6. The van der Waals surface area contributed by atoms with Crippen LogP contribution in [0.4, 0.5) is 14.6 Å². The lowest BCUT2D eigenvalue weighted by Crippen LogP contribution is -2.35. The number of pyridine rings is 1. The number of halogens is 2. The zero-order chi connectivity index (χ0) is 16.4. The fourth-order valence-corrected chi connectivity index (χ4v) is 2.88. The number of aromatic nitrogens is 3. The Kier molecular flexibility index (Phi) is 4.36. The molecular weight excluding hydrogens is 302 g/mol. The predicted molar refractivity (Wildman–Crippen MR) is 81.4 cm³/mol. The SMILES string of the molecule is Cc1cc(C(F)F)n(CC(=O)N2CCCCc3cccnc32)n1. The minimum Gasteiger partial charge on any atom is -0.295 e. The van der Waals surface area contributed by atoms with Gasteiger partial charge in [0, 0.05) is 12.7 Å². The second-order valence-corrected chi connectivity index (χ2v) is 5.66. The minimum atomic E-state index is -2.65. The molecule has 1 aliphatic rings. The van der Waals surface area contributed by atoms with Gasteiger partial charge in [0.05, 0.1) is 5.69 Å². The highest BCUT2D eigenvalue weighted by Crippen LogP contribution is 2.25. The second kappa shape index (κ2) is 6.44. The molecular formula is C16H18F2N4O. The van der Waals surface area contributed by atoms with Crippen molar-refractivity contribution in [3.8, 4) is 0 Å². The number of rotatable bonds is 3. The van der Waals surface area contributed by atoms with E-state index in [4.69, 9.17) is 0 Å². The number of carbonyl (C=O) groups is 1. The Bertz CT molecular complexity index is 714. The first kappa shape index (κ1) is 15.6. The molecule has 0 atom stereocenters. The molecule has 0 aliphatic carbocycles. The molecule has 0 fully saturated rings. The molecule has 2 aromatic rings. The van der Waals surface area contributed by atoms with E-state index in [0.717, 1.165) is 29.5 Å². The van der Waals surface area contributed by atoms with Crippen LogP contribution in [0.15, 0.2) is 24.4 Å². The maximum atomic E-state index is 13.0. The molecule has 0 spiro atoms. The van der Waals surface area contributed by atoms with Crippen LogP contribution in [0.3, 0.4) is 0 Å². The minimum absolute atomic E-state index is 0.205. The standard InChI is InChI=1S/C16H18F2N4O/c1-11-9-13(15(17)18)22(20-11)10-14(23)21-8-3-2-5-12-6-4-7-19-16(12)21/h4,6-7,9,15H,2-3,5,8,10H2,1H3. The average molecular weight is 320 g/mol. The Morgan fingerprint density at radius 2 is 2.22 bits per heavy atom. The lowest BCUT2D eigenvalue weighted by Gasteiger charge is -2.22. The molecule has 0 saturated heterocycles. The molecule has 0 aromatic carbocycles. The van der Waals surface area contributed by atoms with E-state index in [0.29, 0.717) is 18.1 Å². The zero-order valence-electron chi connectivity index (χ0n) is 12.9. The van der Waals surface area contributed by atoms with Crippen LogP contribution in [-0.4, -0.2) is 27.2 Å². The number of alkyl halides is 2. The first-order valence-corrected chi connectivity index (χ1v) is 7.63. The molecule has 5 nitrogen and oxygen atoms in total. The molecule has 0 unspecified atom stereocenters. The molecule has 122 valence electrons. The van der Waals surface area contributed by atoms with Crippen molar-refractivity contribution in [2.75, 3.05) is 11.4 Å². The van der Waals surface area contributed by atoms with Crippen LogP contribution in [0.2, 0.25) is 0 Å². The number of nitrogens with zero attached hydrogens (tertiary/aromatic N) is 4. The summed E-state index contributed by atoms with van der Waals surface area (Å²) >= 11 is 0. The van der Waals surface area contributed by atoms with Gasteiger partial charge in [-0.3, -0.25) is 14.4 Å². The zero-order valence-corrected chi connectivity index (χ0v) is 12.9. The van der Waals surface area contributed by atoms with E-state index in [9.17, 15) is 13.6 Å². The number of aryl methyl sites for hydroxylation is 2. The molecule has 0 bridgehead atoms. The van der Waals surface area contributed by atoms with Gasteiger partial charge in [-0.1, -0.05) is 6.07 Å². The van der Waals surface area contributed by atoms with Gasteiger partial charge < -0.3 is 0 Å². The highest BCUT2D eigenvalue weighted by Gasteiger charge is 2.24. The van der Waals surface area contributed by atoms with Gasteiger partial charge in [-0.2, -0.15) is 5.10 Å². The van der Waals surface area contributed by atoms with Crippen molar-refractivity contribution in [1.29, 1.82) is 0 Å². The highest BCUT2D eigenvalue weighted by atomic mass is 19.3. The van der Waals surface area contributed by atoms with Crippen molar-refractivity contribution in [2.45, 2.75) is 39.2 Å². The topological polar surface area (TPSA) is 51.0 Å². The monoisotopic (exact) mass is 320 g/mol. The normalized spacial score (nSPS) is 14.7. The van der Waals surface area contributed by atoms with Gasteiger partial charge >= 0.3 is 0 Å². The maximum absolute atomic E-state index is 13.0. The first-order chi connectivity index (χ1) is 11.1. The van der Waals surface area contributed by atoms with Crippen LogP contribution < -0.4 is 4.90 Å². The van der Waals surface area contributed by atoms with Crippen LogP contribution in [0, 0.1) is 6.92 Å². The molecule has 1 amide bonds.